The highest BCUT2D eigenvalue weighted by atomic mass is 16.3. The number of carbonyl (C=O) groups is 1. The molecule has 0 aliphatic carbocycles. The first-order valence-electron chi connectivity index (χ1n) is 8.26. The van der Waals surface area contributed by atoms with Crippen molar-refractivity contribution in [2.45, 2.75) is 39.2 Å². The van der Waals surface area contributed by atoms with Crippen LogP contribution in [0.15, 0.2) is 42.7 Å². The maximum atomic E-state index is 11.9. The van der Waals surface area contributed by atoms with Crippen LogP contribution in [0.3, 0.4) is 0 Å². The third-order valence-corrected chi connectivity index (χ3v) is 4.00. The Kier molecular flexibility index (Phi) is 6.61. The number of pyridine rings is 1. The van der Waals surface area contributed by atoms with E-state index >= 15 is 0 Å². The van der Waals surface area contributed by atoms with Crippen LogP contribution < -0.4 is 10.6 Å². The van der Waals surface area contributed by atoms with Crippen LogP contribution in [-0.4, -0.2) is 28.7 Å². The van der Waals surface area contributed by atoms with E-state index in [0.717, 1.165) is 30.4 Å². The molecule has 1 atom stereocenters. The first-order chi connectivity index (χ1) is 11.5. The van der Waals surface area contributed by atoms with Crippen LogP contribution in [0.1, 0.15) is 30.0 Å². The number of amides is 2. The molecule has 1 aromatic carbocycles. The topological polar surface area (TPSA) is 74.2 Å². The number of aromatic nitrogens is 1. The van der Waals surface area contributed by atoms with Gasteiger partial charge in [0.1, 0.15) is 5.75 Å². The van der Waals surface area contributed by atoms with E-state index in [1.807, 2.05) is 38.2 Å². The molecule has 0 fully saturated rings. The van der Waals surface area contributed by atoms with Gasteiger partial charge in [-0.1, -0.05) is 12.1 Å². The molecule has 0 aliphatic heterocycles. The first kappa shape index (κ1) is 17.8. The molecule has 5 heteroatoms. The number of phenols is 1. The number of rotatable bonds is 7. The molecule has 0 radical (unpaired) electrons. The zero-order chi connectivity index (χ0) is 17.4. The normalized spacial score (nSPS) is 11.8. The van der Waals surface area contributed by atoms with E-state index in [9.17, 15) is 9.90 Å². The standard InChI is InChI=1S/C19H25N3O2/c1-14-13-20-11-9-17(14)10-12-21-19(24)22-15(2)3-4-16-5-7-18(23)8-6-16/h5-9,11,13,15,23H,3-4,10,12H2,1-2H3,(H2,21,22,24)/t15-/m0/s1. The van der Waals surface area contributed by atoms with Crippen LogP contribution in [0.25, 0.3) is 0 Å². The Balaban J connectivity index is 1.66. The van der Waals surface area contributed by atoms with Crippen LogP contribution in [-0.2, 0) is 12.8 Å². The summed E-state index contributed by atoms with van der Waals surface area (Å²) in [6.45, 7) is 4.61. The van der Waals surface area contributed by atoms with Gasteiger partial charge in [0.15, 0.2) is 0 Å². The molecule has 0 spiro atoms. The molecule has 0 saturated carbocycles. The fraction of sp³-hybridized carbons (Fsp3) is 0.368. The van der Waals surface area contributed by atoms with E-state index in [4.69, 9.17) is 0 Å². The van der Waals surface area contributed by atoms with E-state index < -0.39 is 0 Å². The Hall–Kier alpha value is -2.56. The average Bonchev–Trinajstić information content (AvgIpc) is 2.56. The predicted octanol–water partition coefficient (Wildman–Crippen LogP) is 2.96. The molecular formula is C19H25N3O2. The van der Waals surface area contributed by atoms with Gasteiger partial charge in [0, 0.05) is 25.0 Å². The third kappa shape index (κ3) is 5.91. The zero-order valence-corrected chi connectivity index (χ0v) is 14.2. The summed E-state index contributed by atoms with van der Waals surface area (Å²) >= 11 is 0. The van der Waals surface area contributed by atoms with Gasteiger partial charge in [0.05, 0.1) is 0 Å². The minimum Gasteiger partial charge on any atom is -0.508 e. The molecule has 128 valence electrons. The Morgan fingerprint density at radius 3 is 2.67 bits per heavy atom. The van der Waals surface area contributed by atoms with Crippen molar-refractivity contribution in [3.8, 4) is 5.75 Å². The monoisotopic (exact) mass is 327 g/mol. The number of hydrogen-bond donors (Lipinski definition) is 3. The molecule has 1 heterocycles. The maximum absolute atomic E-state index is 11.9. The number of nitrogens with zero attached hydrogens (tertiary/aromatic N) is 1. The van der Waals surface area contributed by atoms with Crippen molar-refractivity contribution in [2.24, 2.45) is 0 Å². The lowest BCUT2D eigenvalue weighted by atomic mass is 10.1. The van der Waals surface area contributed by atoms with Gasteiger partial charge in [-0.2, -0.15) is 0 Å². The number of benzene rings is 1. The Morgan fingerprint density at radius 1 is 1.21 bits per heavy atom. The SMILES string of the molecule is Cc1cnccc1CCNC(=O)N[C@@H](C)CCc1ccc(O)cc1. The average molecular weight is 327 g/mol. The Labute approximate surface area is 143 Å². The molecule has 24 heavy (non-hydrogen) atoms. The Morgan fingerprint density at radius 2 is 1.96 bits per heavy atom. The second-order valence-corrected chi connectivity index (χ2v) is 6.06. The lowest BCUT2D eigenvalue weighted by molar-refractivity contribution is 0.237. The summed E-state index contributed by atoms with van der Waals surface area (Å²) in [6, 6.07) is 9.09. The summed E-state index contributed by atoms with van der Waals surface area (Å²) < 4.78 is 0. The molecule has 2 amide bonds. The van der Waals surface area contributed by atoms with Gasteiger partial charge in [-0.3, -0.25) is 4.98 Å². The van der Waals surface area contributed by atoms with Crippen LogP contribution in [0.4, 0.5) is 4.79 Å². The van der Waals surface area contributed by atoms with Crippen molar-refractivity contribution in [3.05, 3.63) is 59.4 Å². The molecule has 0 unspecified atom stereocenters. The summed E-state index contributed by atoms with van der Waals surface area (Å²) in [5, 5.41) is 15.1. The lowest BCUT2D eigenvalue weighted by Gasteiger charge is -2.15. The Bertz CT molecular complexity index is 656. The van der Waals surface area contributed by atoms with Gasteiger partial charge in [-0.25, -0.2) is 4.79 Å². The summed E-state index contributed by atoms with van der Waals surface area (Å²) in [5.74, 6) is 0.272. The number of carbonyl (C=O) groups excluding carboxylic acids is 1. The van der Waals surface area contributed by atoms with Crippen molar-refractivity contribution >= 4 is 6.03 Å². The number of aryl methyl sites for hydroxylation is 2. The number of aromatic hydroxyl groups is 1. The molecule has 2 aromatic rings. The largest absolute Gasteiger partial charge is 0.508 e. The van der Waals surface area contributed by atoms with Crippen LogP contribution in [0, 0.1) is 6.92 Å². The first-order valence-corrected chi connectivity index (χ1v) is 8.26. The molecule has 0 saturated heterocycles. The van der Waals surface area contributed by atoms with Crippen molar-refractivity contribution in [1.82, 2.24) is 15.6 Å². The summed E-state index contributed by atoms with van der Waals surface area (Å²) in [4.78, 5) is 16.0. The summed E-state index contributed by atoms with van der Waals surface area (Å²) in [5.41, 5.74) is 3.49. The third-order valence-electron chi connectivity index (χ3n) is 4.00. The van der Waals surface area contributed by atoms with E-state index in [-0.39, 0.29) is 17.8 Å². The quantitative estimate of drug-likeness (QED) is 0.732. The highest BCUT2D eigenvalue weighted by Gasteiger charge is 2.07. The molecule has 2 rings (SSSR count). The van der Waals surface area contributed by atoms with Gasteiger partial charge in [-0.15, -0.1) is 0 Å². The maximum Gasteiger partial charge on any atom is 0.315 e. The summed E-state index contributed by atoms with van der Waals surface area (Å²) in [6.07, 6.45) is 6.11. The fourth-order valence-electron chi connectivity index (χ4n) is 2.49. The predicted molar refractivity (Wildman–Crippen MR) is 95.1 cm³/mol. The van der Waals surface area contributed by atoms with Gasteiger partial charge in [-0.05, 0) is 68.0 Å². The molecule has 1 aromatic heterocycles. The number of phenolic OH excluding ortho intramolecular Hbond substituents is 1. The van der Waals surface area contributed by atoms with Crippen molar-refractivity contribution in [3.63, 3.8) is 0 Å². The minimum absolute atomic E-state index is 0.0847. The van der Waals surface area contributed by atoms with Gasteiger partial charge < -0.3 is 15.7 Å². The van der Waals surface area contributed by atoms with E-state index in [2.05, 4.69) is 15.6 Å². The molecule has 3 N–H and O–H groups in total. The molecule has 0 aliphatic rings. The lowest BCUT2D eigenvalue weighted by Crippen LogP contribution is -2.41. The fourth-order valence-corrected chi connectivity index (χ4v) is 2.49. The van der Waals surface area contributed by atoms with E-state index in [1.165, 1.54) is 5.56 Å². The van der Waals surface area contributed by atoms with Crippen molar-refractivity contribution < 1.29 is 9.90 Å². The van der Waals surface area contributed by atoms with Crippen molar-refractivity contribution in [1.29, 1.82) is 0 Å². The number of nitrogens with one attached hydrogen (secondary N) is 2. The van der Waals surface area contributed by atoms with E-state index in [1.54, 1.807) is 18.3 Å². The smallest absolute Gasteiger partial charge is 0.315 e. The molecule has 5 nitrogen and oxygen atoms in total. The van der Waals surface area contributed by atoms with Crippen LogP contribution in [0.2, 0.25) is 0 Å². The number of urea groups is 1. The second kappa shape index (κ2) is 8.91. The van der Waals surface area contributed by atoms with Gasteiger partial charge in [0.2, 0.25) is 0 Å². The van der Waals surface area contributed by atoms with Gasteiger partial charge >= 0.3 is 6.03 Å². The molecule has 0 bridgehead atoms. The summed E-state index contributed by atoms with van der Waals surface area (Å²) in [7, 11) is 0. The minimum atomic E-state index is -0.139. The van der Waals surface area contributed by atoms with E-state index in [0.29, 0.717) is 6.54 Å². The van der Waals surface area contributed by atoms with Crippen LogP contribution in [0.5, 0.6) is 5.75 Å². The number of hydrogen-bond acceptors (Lipinski definition) is 3. The van der Waals surface area contributed by atoms with Gasteiger partial charge in [0.25, 0.3) is 0 Å². The highest BCUT2D eigenvalue weighted by Crippen LogP contribution is 2.12. The van der Waals surface area contributed by atoms with Crippen LogP contribution >= 0.6 is 0 Å². The zero-order valence-electron chi connectivity index (χ0n) is 14.2. The highest BCUT2D eigenvalue weighted by molar-refractivity contribution is 5.74. The second-order valence-electron chi connectivity index (χ2n) is 6.06. The molecular weight excluding hydrogens is 302 g/mol. The van der Waals surface area contributed by atoms with Crippen molar-refractivity contribution in [2.75, 3.05) is 6.54 Å².